The molecule has 0 aliphatic heterocycles. The minimum atomic E-state index is -0.496. The molecule has 4 aromatic rings. The molecule has 0 fully saturated rings. The van der Waals surface area contributed by atoms with Gasteiger partial charge in [0.1, 0.15) is 0 Å². The van der Waals surface area contributed by atoms with Crippen molar-refractivity contribution >= 4 is 22.8 Å². The normalized spacial score (nSPS) is 11.0. The largest absolute Gasteiger partial charge is 0.299 e. The van der Waals surface area contributed by atoms with Crippen LogP contribution in [0.2, 0.25) is 0 Å². The van der Waals surface area contributed by atoms with Crippen molar-refractivity contribution in [2.24, 2.45) is 10.2 Å². The molecule has 9 heteroatoms. The molecule has 4 rings (SSSR count). The van der Waals surface area contributed by atoms with Crippen LogP contribution in [0.5, 0.6) is 0 Å². The highest BCUT2D eigenvalue weighted by Crippen LogP contribution is 2.29. The fourth-order valence-corrected chi connectivity index (χ4v) is 3.13. The third-order valence-electron chi connectivity index (χ3n) is 4.77. The van der Waals surface area contributed by atoms with E-state index in [1.165, 1.54) is 35.9 Å². The third-order valence-corrected chi connectivity index (χ3v) is 4.77. The van der Waals surface area contributed by atoms with Crippen LogP contribution < -0.4 is 5.56 Å². The minimum absolute atomic E-state index is 0.0379. The Balaban J connectivity index is 1.83. The first-order chi connectivity index (χ1) is 15.4. The molecule has 1 aromatic heterocycles. The zero-order chi connectivity index (χ0) is 22.7. The van der Waals surface area contributed by atoms with Crippen LogP contribution in [0.25, 0.3) is 16.9 Å². The Bertz CT molecular complexity index is 1390. The Morgan fingerprint density at radius 2 is 1.69 bits per heavy atom. The maximum absolute atomic E-state index is 13.2. The second-order valence-electron chi connectivity index (χ2n) is 6.92. The summed E-state index contributed by atoms with van der Waals surface area (Å²) in [7, 11) is 0. The van der Waals surface area contributed by atoms with Crippen LogP contribution in [0.15, 0.2) is 93.9 Å². The third kappa shape index (κ3) is 4.12. The van der Waals surface area contributed by atoms with Crippen molar-refractivity contribution in [3.8, 4) is 16.9 Å². The van der Waals surface area contributed by atoms with E-state index in [2.05, 4.69) is 15.3 Å². The number of carbonyl (C=O) groups excluding carboxylic acids is 1. The summed E-state index contributed by atoms with van der Waals surface area (Å²) in [6.07, 6.45) is 0. The van der Waals surface area contributed by atoms with Crippen molar-refractivity contribution in [3.63, 3.8) is 0 Å². The number of hydrogen-bond acceptors (Lipinski definition) is 6. The van der Waals surface area contributed by atoms with Gasteiger partial charge in [0.25, 0.3) is 11.2 Å². The lowest BCUT2D eigenvalue weighted by Crippen LogP contribution is -2.13. The lowest BCUT2D eigenvalue weighted by atomic mass is 10.1. The number of aromatic amines is 1. The highest BCUT2D eigenvalue weighted by Gasteiger charge is 2.18. The molecular weight excluding hydrogens is 410 g/mol. The second-order valence-corrected chi connectivity index (χ2v) is 6.92. The number of non-ortho nitro benzene ring substituents is 1. The number of aromatic nitrogens is 2. The number of carbonyl (C=O) groups is 1. The summed E-state index contributed by atoms with van der Waals surface area (Å²) in [6.45, 7) is 1.45. The average molecular weight is 427 g/mol. The monoisotopic (exact) mass is 427 g/mol. The zero-order valence-corrected chi connectivity index (χ0v) is 16.9. The Morgan fingerprint density at radius 3 is 2.34 bits per heavy atom. The Labute approximate surface area is 181 Å². The zero-order valence-electron chi connectivity index (χ0n) is 16.9. The summed E-state index contributed by atoms with van der Waals surface area (Å²) >= 11 is 0. The maximum atomic E-state index is 13.2. The van der Waals surface area contributed by atoms with Crippen LogP contribution in [0.3, 0.4) is 0 Å². The number of rotatable bonds is 6. The summed E-state index contributed by atoms with van der Waals surface area (Å²) in [6, 6.07) is 21.3. The molecule has 0 atom stereocenters. The fourth-order valence-electron chi connectivity index (χ4n) is 3.13. The number of Topliss-reactive ketones (excluding diaryl/α,β-unsaturated/α-hetero) is 1. The molecule has 0 radical (unpaired) electrons. The van der Waals surface area contributed by atoms with Gasteiger partial charge in [0.15, 0.2) is 11.5 Å². The van der Waals surface area contributed by atoms with E-state index < -0.39 is 10.5 Å². The SMILES string of the molecule is CC(=O)c1cccc(N=Nc2c(-c3ccc([N+](=O)[O-])cc3)[nH]n(-c3ccccc3)c2=O)c1. The van der Waals surface area contributed by atoms with Gasteiger partial charge in [-0.1, -0.05) is 30.3 Å². The van der Waals surface area contributed by atoms with Gasteiger partial charge >= 0.3 is 0 Å². The topological polar surface area (TPSA) is 123 Å². The molecular formula is C23H17N5O4. The van der Waals surface area contributed by atoms with Gasteiger partial charge in [0.05, 0.1) is 22.0 Å². The first-order valence-corrected chi connectivity index (χ1v) is 9.62. The van der Waals surface area contributed by atoms with Crippen LogP contribution in [-0.4, -0.2) is 20.5 Å². The van der Waals surface area contributed by atoms with Crippen LogP contribution in [0.4, 0.5) is 17.1 Å². The minimum Gasteiger partial charge on any atom is -0.295 e. The molecule has 0 aliphatic rings. The molecule has 1 N–H and O–H groups in total. The van der Waals surface area contributed by atoms with Crippen LogP contribution in [0.1, 0.15) is 17.3 Å². The molecule has 0 saturated carbocycles. The molecule has 0 saturated heterocycles. The van der Waals surface area contributed by atoms with Crippen molar-refractivity contribution in [1.82, 2.24) is 9.78 Å². The summed E-state index contributed by atoms with van der Waals surface area (Å²) in [5.41, 5.74) is 1.93. The van der Waals surface area contributed by atoms with Gasteiger partial charge in [-0.3, -0.25) is 24.8 Å². The lowest BCUT2D eigenvalue weighted by molar-refractivity contribution is -0.384. The van der Waals surface area contributed by atoms with Crippen LogP contribution in [-0.2, 0) is 0 Å². The maximum Gasteiger partial charge on any atom is 0.299 e. The number of benzene rings is 3. The lowest BCUT2D eigenvalue weighted by Gasteiger charge is -2.01. The van der Waals surface area contributed by atoms with E-state index in [4.69, 9.17) is 0 Å². The quantitative estimate of drug-likeness (QED) is 0.193. The van der Waals surface area contributed by atoms with E-state index in [9.17, 15) is 19.7 Å². The number of nitro groups is 1. The molecule has 0 aliphatic carbocycles. The standard InChI is InChI=1S/C23H17N5O4/c1-15(29)17-6-5-7-18(14-17)24-25-22-21(16-10-12-20(13-11-16)28(31)32)26-27(23(22)30)19-8-3-2-4-9-19/h2-14,26H,1H3. The molecule has 3 aromatic carbocycles. The van der Waals surface area contributed by atoms with Gasteiger partial charge in [0.2, 0.25) is 0 Å². The second kappa shape index (κ2) is 8.60. The van der Waals surface area contributed by atoms with Crippen LogP contribution >= 0.6 is 0 Å². The fraction of sp³-hybridized carbons (Fsp3) is 0.0435. The first kappa shape index (κ1) is 20.6. The number of ketones is 1. The number of nitrogens with one attached hydrogen (secondary N) is 1. The van der Waals surface area contributed by atoms with Crippen LogP contribution in [0, 0.1) is 10.1 Å². The number of para-hydroxylation sites is 1. The van der Waals surface area contributed by atoms with Gasteiger partial charge < -0.3 is 0 Å². The van der Waals surface area contributed by atoms with E-state index in [1.807, 2.05) is 6.07 Å². The molecule has 0 spiro atoms. The van der Waals surface area contributed by atoms with Crippen molar-refractivity contribution in [1.29, 1.82) is 0 Å². The summed E-state index contributed by atoms with van der Waals surface area (Å²) in [4.78, 5) is 35.3. The molecule has 158 valence electrons. The van der Waals surface area contributed by atoms with E-state index in [1.54, 1.807) is 48.5 Å². The Kier molecular flexibility index (Phi) is 5.54. The highest BCUT2D eigenvalue weighted by atomic mass is 16.6. The van der Waals surface area contributed by atoms with E-state index in [0.717, 1.165) is 0 Å². The van der Waals surface area contributed by atoms with Crippen molar-refractivity contribution in [3.05, 3.63) is 105 Å². The smallest absolute Gasteiger partial charge is 0.295 e. The molecule has 32 heavy (non-hydrogen) atoms. The number of nitrogens with zero attached hydrogens (tertiary/aromatic N) is 4. The number of nitro benzene ring substituents is 1. The predicted molar refractivity (Wildman–Crippen MR) is 119 cm³/mol. The van der Waals surface area contributed by atoms with Gasteiger partial charge in [-0.2, -0.15) is 5.11 Å². The van der Waals surface area contributed by atoms with Gasteiger partial charge in [-0.05, 0) is 43.3 Å². The highest BCUT2D eigenvalue weighted by molar-refractivity contribution is 5.94. The average Bonchev–Trinajstić information content (AvgIpc) is 3.14. The van der Waals surface area contributed by atoms with Crippen molar-refractivity contribution in [2.45, 2.75) is 6.92 Å². The Morgan fingerprint density at radius 1 is 0.969 bits per heavy atom. The van der Waals surface area contributed by atoms with Crippen molar-refractivity contribution < 1.29 is 9.72 Å². The summed E-state index contributed by atoms with van der Waals surface area (Å²) in [5, 5.41) is 22.3. The molecule has 0 unspecified atom stereocenters. The first-order valence-electron chi connectivity index (χ1n) is 9.62. The number of azo groups is 1. The molecule has 0 bridgehead atoms. The van der Waals surface area contributed by atoms with Gasteiger partial charge in [0, 0.05) is 23.3 Å². The summed E-state index contributed by atoms with van der Waals surface area (Å²) in [5.74, 6) is -0.110. The molecule has 1 heterocycles. The van der Waals surface area contributed by atoms with Gasteiger partial charge in [-0.15, -0.1) is 5.11 Å². The van der Waals surface area contributed by atoms with Gasteiger partial charge in [-0.25, -0.2) is 4.68 Å². The number of H-pyrrole nitrogens is 1. The Hall–Kier alpha value is -4.66. The molecule has 9 nitrogen and oxygen atoms in total. The van der Waals surface area contributed by atoms with E-state index in [0.29, 0.717) is 28.2 Å². The number of hydrogen-bond donors (Lipinski definition) is 1. The van der Waals surface area contributed by atoms with Crippen molar-refractivity contribution in [2.75, 3.05) is 0 Å². The van der Waals surface area contributed by atoms with E-state index in [-0.39, 0.29) is 17.2 Å². The molecule has 0 amide bonds. The van der Waals surface area contributed by atoms with E-state index >= 15 is 0 Å². The predicted octanol–water partition coefficient (Wildman–Crippen LogP) is 5.36. The summed E-state index contributed by atoms with van der Waals surface area (Å²) < 4.78 is 1.33.